The number of hydrogen-bond donors (Lipinski definition) is 3. The predicted octanol–water partition coefficient (Wildman–Crippen LogP) is 13.1. The maximum atomic E-state index is 12.5. The van der Waals surface area contributed by atoms with E-state index in [-0.39, 0.29) is 5.91 Å². The van der Waals surface area contributed by atoms with E-state index in [1.54, 1.807) is 0 Å². The second kappa shape index (κ2) is 38.5. The Morgan fingerprint density at radius 2 is 0.882 bits per heavy atom. The minimum atomic E-state index is -4.31. The molecule has 0 aromatic rings. The summed E-state index contributed by atoms with van der Waals surface area (Å²) in [5.74, 6) is -0.893. The Bertz CT molecular complexity index is 903. The standard InChI is InChI=1S/C44H85NO5S/c1-3-5-7-9-11-13-15-17-18-19-20-21-22-23-24-25-26-28-30-32-34-36-38-40-44(47)45-42(41-51(48,49)50)43(46)39-37-35-33-31-29-27-16-14-12-10-8-6-4-2/h15,17,19-20,42-43,46H,3-14,16,18,21-41H2,1-2H3,(H,45,47)(H,48,49,50)/b17-15-,20-19-. The highest BCUT2D eigenvalue weighted by Gasteiger charge is 2.26. The van der Waals surface area contributed by atoms with Gasteiger partial charge in [-0.25, -0.2) is 0 Å². The highest BCUT2D eigenvalue weighted by Crippen LogP contribution is 2.16. The minimum absolute atomic E-state index is 0.246. The average Bonchev–Trinajstić information content (AvgIpc) is 3.09. The Balaban J connectivity index is 3.78. The second-order valence-electron chi connectivity index (χ2n) is 15.3. The van der Waals surface area contributed by atoms with Crippen LogP contribution < -0.4 is 5.32 Å². The van der Waals surface area contributed by atoms with Crippen molar-refractivity contribution in [2.45, 2.75) is 244 Å². The van der Waals surface area contributed by atoms with Gasteiger partial charge in [0.1, 0.15) is 0 Å². The normalized spacial score (nSPS) is 13.4. The van der Waals surface area contributed by atoms with Gasteiger partial charge in [-0.1, -0.05) is 205 Å². The number of rotatable bonds is 40. The van der Waals surface area contributed by atoms with Crippen molar-refractivity contribution in [1.82, 2.24) is 5.32 Å². The van der Waals surface area contributed by atoms with Gasteiger partial charge >= 0.3 is 0 Å². The molecule has 0 rings (SSSR count). The van der Waals surface area contributed by atoms with Crippen LogP contribution in [0.4, 0.5) is 0 Å². The summed E-state index contributed by atoms with van der Waals surface area (Å²) >= 11 is 0. The third-order valence-corrected chi connectivity index (χ3v) is 10.9. The van der Waals surface area contributed by atoms with Crippen molar-refractivity contribution >= 4 is 16.0 Å². The molecule has 2 atom stereocenters. The molecule has 0 aliphatic heterocycles. The zero-order valence-corrected chi connectivity index (χ0v) is 34.6. The van der Waals surface area contributed by atoms with Crippen molar-refractivity contribution in [2.75, 3.05) is 5.75 Å². The van der Waals surface area contributed by atoms with E-state index in [9.17, 15) is 22.9 Å². The zero-order valence-electron chi connectivity index (χ0n) is 33.7. The average molecular weight is 740 g/mol. The first-order valence-electron chi connectivity index (χ1n) is 22.0. The zero-order chi connectivity index (χ0) is 37.5. The number of hydrogen-bond acceptors (Lipinski definition) is 4. The number of amides is 1. The van der Waals surface area contributed by atoms with E-state index in [1.807, 2.05) is 0 Å². The number of nitrogens with one attached hydrogen (secondary N) is 1. The van der Waals surface area contributed by atoms with Crippen LogP contribution in [0.15, 0.2) is 24.3 Å². The summed E-state index contributed by atoms with van der Waals surface area (Å²) in [7, 11) is -4.31. The fourth-order valence-electron chi connectivity index (χ4n) is 6.84. The molecular formula is C44H85NO5S. The van der Waals surface area contributed by atoms with Gasteiger partial charge in [0, 0.05) is 6.42 Å². The third kappa shape index (κ3) is 39.9. The Morgan fingerprint density at radius 1 is 0.529 bits per heavy atom. The molecule has 0 saturated carbocycles. The lowest BCUT2D eigenvalue weighted by molar-refractivity contribution is -0.122. The molecule has 7 heteroatoms. The Kier molecular flexibility index (Phi) is 37.6. The largest absolute Gasteiger partial charge is 0.391 e. The molecule has 0 aromatic heterocycles. The van der Waals surface area contributed by atoms with Crippen molar-refractivity contribution in [1.29, 1.82) is 0 Å². The van der Waals surface area contributed by atoms with E-state index in [2.05, 4.69) is 43.5 Å². The van der Waals surface area contributed by atoms with Gasteiger partial charge in [0.2, 0.25) is 5.91 Å². The first kappa shape index (κ1) is 49.8. The molecule has 0 aliphatic carbocycles. The first-order valence-corrected chi connectivity index (χ1v) is 23.6. The summed E-state index contributed by atoms with van der Waals surface area (Å²) < 4.78 is 32.6. The van der Waals surface area contributed by atoms with Crippen LogP contribution >= 0.6 is 0 Å². The van der Waals surface area contributed by atoms with Crippen LogP contribution in [0.2, 0.25) is 0 Å². The van der Waals surface area contributed by atoms with Gasteiger partial charge in [-0.05, 0) is 44.9 Å². The van der Waals surface area contributed by atoms with Crippen LogP contribution in [0.3, 0.4) is 0 Å². The molecular weight excluding hydrogens is 655 g/mol. The summed E-state index contributed by atoms with van der Waals surface area (Å²) in [6.07, 6.45) is 48.4. The van der Waals surface area contributed by atoms with Gasteiger partial charge in [-0.2, -0.15) is 8.42 Å². The fourth-order valence-corrected chi connectivity index (χ4v) is 7.60. The van der Waals surface area contributed by atoms with E-state index in [0.717, 1.165) is 44.9 Å². The molecule has 0 fully saturated rings. The molecule has 6 nitrogen and oxygen atoms in total. The summed E-state index contributed by atoms with van der Waals surface area (Å²) in [5.41, 5.74) is 0. The maximum absolute atomic E-state index is 12.5. The van der Waals surface area contributed by atoms with Crippen LogP contribution in [0.25, 0.3) is 0 Å². The van der Waals surface area contributed by atoms with Crippen LogP contribution in [-0.4, -0.2) is 41.9 Å². The smallest absolute Gasteiger partial charge is 0.266 e. The molecule has 0 bridgehead atoms. The molecule has 0 radical (unpaired) electrons. The Labute approximate surface area is 317 Å². The summed E-state index contributed by atoms with van der Waals surface area (Å²) in [6, 6.07) is -0.969. The lowest BCUT2D eigenvalue weighted by Gasteiger charge is -2.23. The monoisotopic (exact) mass is 740 g/mol. The van der Waals surface area contributed by atoms with E-state index < -0.39 is 28.0 Å². The van der Waals surface area contributed by atoms with Crippen molar-refractivity contribution in [3.63, 3.8) is 0 Å². The molecule has 302 valence electrons. The predicted molar refractivity (Wildman–Crippen MR) is 221 cm³/mol. The highest BCUT2D eigenvalue weighted by molar-refractivity contribution is 7.85. The Hall–Kier alpha value is -1.18. The topological polar surface area (TPSA) is 104 Å². The van der Waals surface area contributed by atoms with Crippen LogP contribution in [0.1, 0.15) is 232 Å². The molecule has 2 unspecified atom stereocenters. The van der Waals surface area contributed by atoms with Gasteiger partial charge in [-0.3, -0.25) is 9.35 Å². The van der Waals surface area contributed by atoms with Crippen molar-refractivity contribution in [2.24, 2.45) is 0 Å². The number of allylic oxidation sites excluding steroid dienone is 4. The van der Waals surface area contributed by atoms with Gasteiger partial charge in [0.25, 0.3) is 10.1 Å². The SMILES string of the molecule is CCCCCCC/C=C\C/C=C\CCCCCCCCCCCCCC(=O)NC(CS(=O)(=O)O)C(O)CCCCCCCCCCCCCCC. The molecule has 1 amide bonds. The number of aliphatic hydroxyl groups excluding tert-OH is 1. The molecule has 0 aromatic carbocycles. The van der Waals surface area contributed by atoms with Crippen molar-refractivity contribution in [3.05, 3.63) is 24.3 Å². The number of unbranched alkanes of at least 4 members (excludes halogenated alkanes) is 28. The number of aliphatic hydroxyl groups is 1. The summed E-state index contributed by atoms with van der Waals surface area (Å²) in [5, 5.41) is 13.4. The number of carbonyl (C=O) groups is 1. The lowest BCUT2D eigenvalue weighted by atomic mass is 10.0. The minimum Gasteiger partial charge on any atom is -0.391 e. The van der Waals surface area contributed by atoms with Gasteiger partial charge in [-0.15, -0.1) is 0 Å². The van der Waals surface area contributed by atoms with Gasteiger partial charge in [0.15, 0.2) is 0 Å². The molecule has 0 heterocycles. The lowest BCUT2D eigenvalue weighted by Crippen LogP contribution is -2.47. The summed E-state index contributed by atoms with van der Waals surface area (Å²) in [6.45, 7) is 4.51. The van der Waals surface area contributed by atoms with Crippen LogP contribution in [0, 0.1) is 0 Å². The van der Waals surface area contributed by atoms with E-state index >= 15 is 0 Å². The quantitative estimate of drug-likeness (QED) is 0.0330. The number of carbonyl (C=O) groups excluding carboxylic acids is 1. The second-order valence-corrected chi connectivity index (χ2v) is 16.8. The van der Waals surface area contributed by atoms with E-state index in [0.29, 0.717) is 12.8 Å². The van der Waals surface area contributed by atoms with Gasteiger partial charge < -0.3 is 10.4 Å². The maximum Gasteiger partial charge on any atom is 0.266 e. The fraction of sp³-hybridized carbons (Fsp3) is 0.886. The first-order chi connectivity index (χ1) is 24.8. The van der Waals surface area contributed by atoms with Crippen molar-refractivity contribution in [3.8, 4) is 0 Å². The molecule has 51 heavy (non-hydrogen) atoms. The van der Waals surface area contributed by atoms with Crippen LogP contribution in [0.5, 0.6) is 0 Å². The third-order valence-electron chi connectivity index (χ3n) is 10.2. The molecule has 3 N–H and O–H groups in total. The highest BCUT2D eigenvalue weighted by atomic mass is 32.2. The summed E-state index contributed by atoms with van der Waals surface area (Å²) in [4.78, 5) is 12.5. The van der Waals surface area contributed by atoms with Gasteiger partial charge in [0.05, 0.1) is 17.9 Å². The van der Waals surface area contributed by atoms with E-state index in [1.165, 1.54) is 161 Å². The van der Waals surface area contributed by atoms with Crippen molar-refractivity contribution < 1.29 is 22.9 Å². The molecule has 0 saturated heterocycles. The van der Waals surface area contributed by atoms with Crippen LogP contribution in [-0.2, 0) is 14.9 Å². The molecule has 0 spiro atoms. The van der Waals surface area contributed by atoms with E-state index in [4.69, 9.17) is 0 Å². The molecule has 0 aliphatic rings. The Morgan fingerprint density at radius 3 is 1.27 bits per heavy atom.